The smallest absolute Gasteiger partial charge is 0.155 e. The van der Waals surface area contributed by atoms with Gasteiger partial charge in [-0.1, -0.05) is 19.8 Å². The van der Waals surface area contributed by atoms with E-state index >= 15 is 0 Å². The molecule has 0 amide bonds. The number of hydrogen-bond acceptors (Lipinski definition) is 3. The van der Waals surface area contributed by atoms with Crippen LogP contribution in [0.15, 0.2) is 23.2 Å². The minimum atomic E-state index is 0.838. The molecule has 0 spiro atoms. The molecule has 0 radical (unpaired) electrons. The number of aromatic nitrogens is 3. The van der Waals surface area contributed by atoms with Crippen molar-refractivity contribution in [2.24, 2.45) is 11.8 Å². The van der Waals surface area contributed by atoms with E-state index in [9.17, 15) is 0 Å². The molecule has 1 fully saturated rings. The Morgan fingerprint density at radius 2 is 2.05 bits per heavy atom. The molecule has 0 saturated heterocycles. The third-order valence-electron chi connectivity index (χ3n) is 4.32. The fourth-order valence-electron chi connectivity index (χ4n) is 2.98. The van der Waals surface area contributed by atoms with Crippen LogP contribution in [0.2, 0.25) is 0 Å². The van der Waals surface area contributed by atoms with Crippen molar-refractivity contribution in [3.63, 3.8) is 0 Å². The first kappa shape index (κ1) is 14.0. The van der Waals surface area contributed by atoms with Crippen molar-refractivity contribution >= 4 is 21.6 Å². The average Bonchev–Trinajstić information content (AvgIpc) is 2.84. The van der Waals surface area contributed by atoms with Gasteiger partial charge in [0.2, 0.25) is 0 Å². The highest BCUT2D eigenvalue weighted by Crippen LogP contribution is 2.27. The van der Waals surface area contributed by atoms with Crippen LogP contribution >= 0.6 is 15.9 Å². The fourth-order valence-corrected chi connectivity index (χ4v) is 3.29. The van der Waals surface area contributed by atoms with E-state index in [1.54, 1.807) is 6.20 Å². The minimum Gasteiger partial charge on any atom is -0.311 e. The highest BCUT2D eigenvalue weighted by molar-refractivity contribution is 9.10. The van der Waals surface area contributed by atoms with E-state index in [0.29, 0.717) is 0 Å². The second-order valence-corrected chi connectivity index (χ2v) is 6.76. The standard InChI is InChI=1S/C15H21BrN4/c1-11-2-4-12(5-3-11)6-17-7-13-8-19-15-9-18-14(16)10-20(13)15/h8-12,17H,2-7H2,1H3. The molecule has 2 heterocycles. The molecule has 2 aromatic rings. The maximum Gasteiger partial charge on any atom is 0.155 e. The molecule has 0 atom stereocenters. The largest absolute Gasteiger partial charge is 0.311 e. The first-order valence-corrected chi connectivity index (χ1v) is 8.20. The zero-order valence-electron chi connectivity index (χ0n) is 11.8. The summed E-state index contributed by atoms with van der Waals surface area (Å²) in [5, 5.41) is 3.59. The summed E-state index contributed by atoms with van der Waals surface area (Å²) in [4.78, 5) is 8.57. The van der Waals surface area contributed by atoms with Crippen LogP contribution < -0.4 is 5.32 Å². The van der Waals surface area contributed by atoms with Crippen molar-refractivity contribution in [2.75, 3.05) is 6.54 Å². The molecule has 0 aliphatic heterocycles. The van der Waals surface area contributed by atoms with E-state index in [0.717, 1.165) is 35.2 Å². The van der Waals surface area contributed by atoms with Gasteiger partial charge in [0.05, 0.1) is 18.1 Å². The summed E-state index contributed by atoms with van der Waals surface area (Å²) in [5.74, 6) is 1.77. The summed E-state index contributed by atoms with van der Waals surface area (Å²) < 4.78 is 2.93. The van der Waals surface area contributed by atoms with Crippen LogP contribution in [-0.4, -0.2) is 20.9 Å². The van der Waals surface area contributed by atoms with Crippen LogP contribution in [0.5, 0.6) is 0 Å². The van der Waals surface area contributed by atoms with Crippen LogP contribution in [0.3, 0.4) is 0 Å². The van der Waals surface area contributed by atoms with E-state index in [2.05, 4.69) is 42.5 Å². The monoisotopic (exact) mass is 336 g/mol. The lowest BCUT2D eigenvalue weighted by molar-refractivity contribution is 0.281. The summed E-state index contributed by atoms with van der Waals surface area (Å²) >= 11 is 3.41. The van der Waals surface area contributed by atoms with Crippen molar-refractivity contribution in [3.8, 4) is 0 Å². The molecule has 4 nitrogen and oxygen atoms in total. The predicted octanol–water partition coefficient (Wildman–Crippen LogP) is 3.41. The van der Waals surface area contributed by atoms with Gasteiger partial charge in [0.15, 0.2) is 5.65 Å². The molecule has 0 unspecified atom stereocenters. The molecule has 1 aliphatic carbocycles. The maximum atomic E-state index is 4.37. The topological polar surface area (TPSA) is 42.2 Å². The van der Waals surface area contributed by atoms with E-state index in [-0.39, 0.29) is 0 Å². The first-order chi connectivity index (χ1) is 9.72. The van der Waals surface area contributed by atoms with Crippen LogP contribution in [0.1, 0.15) is 38.3 Å². The van der Waals surface area contributed by atoms with Crippen molar-refractivity contribution < 1.29 is 0 Å². The van der Waals surface area contributed by atoms with Crippen molar-refractivity contribution in [1.82, 2.24) is 19.7 Å². The molecular weight excluding hydrogens is 316 g/mol. The zero-order chi connectivity index (χ0) is 13.9. The second kappa shape index (κ2) is 6.22. The Balaban J connectivity index is 1.56. The Hall–Kier alpha value is -0.940. The minimum absolute atomic E-state index is 0.838. The Labute approximate surface area is 128 Å². The molecule has 1 N–H and O–H groups in total. The van der Waals surface area contributed by atoms with Crippen LogP contribution in [-0.2, 0) is 6.54 Å². The van der Waals surface area contributed by atoms with Gasteiger partial charge < -0.3 is 5.32 Å². The molecular formula is C15H21BrN4. The predicted molar refractivity (Wildman–Crippen MR) is 83.5 cm³/mol. The molecule has 0 bridgehead atoms. The van der Waals surface area contributed by atoms with Gasteiger partial charge in [0.1, 0.15) is 4.60 Å². The van der Waals surface area contributed by atoms with E-state index in [1.165, 1.54) is 31.4 Å². The highest BCUT2D eigenvalue weighted by atomic mass is 79.9. The number of hydrogen-bond donors (Lipinski definition) is 1. The maximum absolute atomic E-state index is 4.37. The van der Waals surface area contributed by atoms with Gasteiger partial charge in [-0.05, 0) is 47.2 Å². The zero-order valence-corrected chi connectivity index (χ0v) is 13.4. The number of fused-ring (bicyclic) bond motifs is 1. The summed E-state index contributed by atoms with van der Waals surface area (Å²) in [6.07, 6.45) is 11.2. The number of halogens is 1. The Kier molecular flexibility index (Phi) is 4.36. The summed E-state index contributed by atoms with van der Waals surface area (Å²) in [7, 11) is 0. The second-order valence-electron chi connectivity index (χ2n) is 5.94. The molecule has 2 aromatic heterocycles. The van der Waals surface area contributed by atoms with Crippen LogP contribution in [0.4, 0.5) is 0 Å². The highest BCUT2D eigenvalue weighted by Gasteiger charge is 2.17. The lowest BCUT2D eigenvalue weighted by atomic mass is 9.83. The van der Waals surface area contributed by atoms with Gasteiger partial charge in [-0.15, -0.1) is 0 Å². The third-order valence-corrected chi connectivity index (χ3v) is 4.73. The first-order valence-electron chi connectivity index (χ1n) is 7.40. The van der Waals surface area contributed by atoms with Crippen LogP contribution in [0.25, 0.3) is 5.65 Å². The van der Waals surface area contributed by atoms with Gasteiger partial charge in [-0.2, -0.15) is 0 Å². The Morgan fingerprint density at radius 3 is 2.85 bits per heavy atom. The third kappa shape index (κ3) is 3.20. The summed E-state index contributed by atoms with van der Waals surface area (Å²) in [5.41, 5.74) is 2.09. The number of imidazole rings is 1. The van der Waals surface area contributed by atoms with E-state index in [4.69, 9.17) is 0 Å². The Morgan fingerprint density at radius 1 is 1.25 bits per heavy atom. The lowest BCUT2D eigenvalue weighted by Gasteiger charge is -2.26. The van der Waals surface area contributed by atoms with Crippen LogP contribution in [0, 0.1) is 11.8 Å². The normalized spacial score (nSPS) is 23.3. The van der Waals surface area contributed by atoms with Gasteiger partial charge in [0, 0.05) is 12.7 Å². The lowest BCUT2D eigenvalue weighted by Crippen LogP contribution is -2.26. The molecule has 108 valence electrons. The van der Waals surface area contributed by atoms with Gasteiger partial charge in [0.25, 0.3) is 0 Å². The Bertz CT molecular complexity index is 572. The molecule has 20 heavy (non-hydrogen) atoms. The van der Waals surface area contributed by atoms with Crippen molar-refractivity contribution in [1.29, 1.82) is 0 Å². The number of nitrogens with zero attached hydrogens (tertiary/aromatic N) is 3. The number of rotatable bonds is 4. The molecule has 1 saturated carbocycles. The molecule has 3 rings (SSSR count). The molecule has 1 aliphatic rings. The summed E-state index contributed by atoms with van der Waals surface area (Å²) in [6.45, 7) is 4.35. The molecule has 0 aromatic carbocycles. The SMILES string of the molecule is CC1CCC(CNCc2cnc3cnc(Br)cn23)CC1. The van der Waals surface area contributed by atoms with Gasteiger partial charge >= 0.3 is 0 Å². The van der Waals surface area contributed by atoms with E-state index < -0.39 is 0 Å². The molecule has 5 heteroatoms. The van der Waals surface area contributed by atoms with Gasteiger partial charge in [-0.3, -0.25) is 4.40 Å². The number of nitrogens with one attached hydrogen (secondary N) is 1. The van der Waals surface area contributed by atoms with Crippen molar-refractivity contribution in [2.45, 2.75) is 39.2 Å². The average molecular weight is 337 g/mol. The fraction of sp³-hybridized carbons (Fsp3) is 0.600. The van der Waals surface area contributed by atoms with E-state index in [1.807, 2.05) is 12.4 Å². The summed E-state index contributed by atoms with van der Waals surface area (Å²) in [6, 6.07) is 0. The van der Waals surface area contributed by atoms with Gasteiger partial charge in [-0.25, -0.2) is 9.97 Å². The van der Waals surface area contributed by atoms with Crippen molar-refractivity contribution in [3.05, 3.63) is 28.9 Å². The quantitative estimate of drug-likeness (QED) is 0.930.